The molecule has 0 aromatic heterocycles. The number of hydrogen-bond donors (Lipinski definition) is 3. The van der Waals surface area contributed by atoms with Crippen LogP contribution in [0.15, 0.2) is 98.9 Å². The van der Waals surface area contributed by atoms with Crippen molar-refractivity contribution in [2.45, 2.75) is 37.5 Å². The first-order valence-corrected chi connectivity index (χ1v) is 15.9. The molecule has 0 fully saturated rings. The lowest BCUT2D eigenvalue weighted by Gasteiger charge is -2.21. The smallest absolute Gasteiger partial charge is 0.193 e. The van der Waals surface area contributed by atoms with Gasteiger partial charge in [0.25, 0.3) is 0 Å². The van der Waals surface area contributed by atoms with Crippen LogP contribution in [0.4, 0.5) is 5.69 Å². The van der Waals surface area contributed by atoms with Crippen LogP contribution in [-0.2, 0) is 0 Å². The van der Waals surface area contributed by atoms with Gasteiger partial charge in [0.15, 0.2) is 10.2 Å². The van der Waals surface area contributed by atoms with E-state index in [0.29, 0.717) is 10.2 Å². The highest BCUT2D eigenvalue weighted by Crippen LogP contribution is 2.41. The maximum Gasteiger partial charge on any atom is 0.193 e. The molecule has 0 heterocycles. The van der Waals surface area contributed by atoms with Gasteiger partial charge in [0.1, 0.15) is 0 Å². The van der Waals surface area contributed by atoms with E-state index in [0.717, 1.165) is 38.0 Å². The summed E-state index contributed by atoms with van der Waals surface area (Å²) in [6.45, 7) is 8.54. The quantitative estimate of drug-likeness (QED) is 0.0959. The van der Waals surface area contributed by atoms with Gasteiger partial charge in [0.2, 0.25) is 0 Å². The lowest BCUT2D eigenvalue weighted by molar-refractivity contribution is 0.852. The Kier molecular flexibility index (Phi) is 12.5. The Morgan fingerprint density at radius 3 is 1.62 bits per heavy atom. The normalized spacial score (nSPS) is 11.9. The minimum atomic E-state index is 0.179. The van der Waals surface area contributed by atoms with Crippen LogP contribution in [-0.4, -0.2) is 35.7 Å². The second-order valence-corrected chi connectivity index (χ2v) is 12.5. The number of benzene rings is 3. The molecule has 0 saturated heterocycles. The Morgan fingerprint density at radius 2 is 1.15 bits per heavy atom. The van der Waals surface area contributed by atoms with Crippen molar-refractivity contribution in [3.63, 3.8) is 0 Å². The fraction of sp³-hybridized carbons (Fsp3) is 0.267. The highest BCUT2D eigenvalue weighted by Gasteiger charge is 2.18. The first kappa shape index (κ1) is 31.6. The van der Waals surface area contributed by atoms with Crippen molar-refractivity contribution in [2.24, 2.45) is 22.0 Å². The Hall–Kier alpha value is -2.92. The van der Waals surface area contributed by atoms with E-state index in [1.165, 1.54) is 0 Å². The highest BCUT2D eigenvalue weighted by atomic mass is 33.1. The van der Waals surface area contributed by atoms with Crippen LogP contribution in [0.2, 0.25) is 0 Å². The standard InChI is InChI=1S/C30H36N6S4/c1-20(2)27(32-34-29(37)31-5)23-16-10-12-18-25(23)39-40-26-19-13-11-17-24(26)28(21(3)4)33-35-30(38)36(6)22-14-8-7-9-15-22/h7-21H,1-6H3,(H,35,38)(H2,31,34,37)/b32-27+,33-28+. The fourth-order valence-corrected chi connectivity index (χ4v) is 6.29. The minimum absolute atomic E-state index is 0.179. The Morgan fingerprint density at radius 1 is 0.700 bits per heavy atom. The molecule has 0 amide bonds. The number of thiocarbonyl (C=S) groups is 2. The van der Waals surface area contributed by atoms with Gasteiger partial charge in [-0.3, -0.25) is 10.9 Å². The van der Waals surface area contributed by atoms with Gasteiger partial charge in [0.05, 0.1) is 11.4 Å². The molecule has 0 saturated carbocycles. The number of rotatable bonds is 10. The summed E-state index contributed by atoms with van der Waals surface area (Å²) in [6, 6.07) is 26.7. The molecule has 0 aliphatic carbocycles. The van der Waals surface area contributed by atoms with Gasteiger partial charge in [-0.05, 0) is 60.5 Å². The third-order valence-corrected chi connectivity index (χ3v) is 9.01. The molecule has 3 N–H and O–H groups in total. The number of nitrogens with zero attached hydrogens (tertiary/aromatic N) is 3. The predicted octanol–water partition coefficient (Wildman–Crippen LogP) is 7.31. The number of para-hydroxylation sites is 1. The van der Waals surface area contributed by atoms with Crippen LogP contribution in [0.3, 0.4) is 0 Å². The summed E-state index contributed by atoms with van der Waals surface area (Å²) in [7, 11) is 7.12. The summed E-state index contributed by atoms with van der Waals surface area (Å²) in [5, 5.41) is 13.3. The molecule has 0 unspecified atom stereocenters. The molecule has 40 heavy (non-hydrogen) atoms. The number of hydrogen-bond acceptors (Lipinski definition) is 6. The van der Waals surface area contributed by atoms with Crippen molar-refractivity contribution in [2.75, 3.05) is 19.0 Å². The Bertz CT molecular complexity index is 1360. The summed E-state index contributed by atoms with van der Waals surface area (Å²) in [4.78, 5) is 4.16. The molecular formula is C30H36N6S4. The first-order chi connectivity index (χ1) is 19.2. The van der Waals surface area contributed by atoms with E-state index in [1.807, 2.05) is 54.4 Å². The minimum Gasteiger partial charge on any atom is -0.364 e. The molecule has 210 valence electrons. The summed E-state index contributed by atoms with van der Waals surface area (Å²) in [5.41, 5.74) is 11.1. The molecule has 0 aliphatic rings. The topological polar surface area (TPSA) is 64.0 Å². The van der Waals surface area contributed by atoms with Gasteiger partial charge in [0, 0.05) is 40.7 Å². The van der Waals surface area contributed by atoms with Crippen molar-refractivity contribution in [3.05, 3.63) is 90.0 Å². The van der Waals surface area contributed by atoms with Gasteiger partial charge in [-0.25, -0.2) is 0 Å². The maximum absolute atomic E-state index is 5.64. The Labute approximate surface area is 256 Å². The number of nitrogens with one attached hydrogen (secondary N) is 3. The van der Waals surface area contributed by atoms with E-state index in [-0.39, 0.29) is 11.8 Å². The molecule has 3 rings (SSSR count). The maximum atomic E-state index is 5.64. The van der Waals surface area contributed by atoms with Crippen LogP contribution < -0.4 is 21.1 Å². The van der Waals surface area contributed by atoms with Crippen LogP contribution in [0.25, 0.3) is 0 Å². The first-order valence-electron chi connectivity index (χ1n) is 13.0. The van der Waals surface area contributed by atoms with Gasteiger partial charge < -0.3 is 10.2 Å². The molecular weight excluding hydrogens is 573 g/mol. The van der Waals surface area contributed by atoms with Crippen molar-refractivity contribution < 1.29 is 0 Å². The van der Waals surface area contributed by atoms with Crippen molar-refractivity contribution in [3.8, 4) is 0 Å². The summed E-state index contributed by atoms with van der Waals surface area (Å²) in [6.07, 6.45) is 0. The van der Waals surface area contributed by atoms with Gasteiger partial charge in [-0.2, -0.15) is 10.2 Å². The number of anilines is 1. The second kappa shape index (κ2) is 15.8. The van der Waals surface area contributed by atoms with Crippen molar-refractivity contribution >= 4 is 73.4 Å². The van der Waals surface area contributed by atoms with E-state index in [9.17, 15) is 0 Å². The molecule has 0 spiro atoms. The second-order valence-electron chi connectivity index (χ2n) is 9.46. The SMILES string of the molecule is CNC(=S)N/N=C(/c1ccccc1SSc1ccccc1/C(=N/NC(=S)N(C)c1ccccc1)C(C)C)C(C)C. The predicted molar refractivity (Wildman–Crippen MR) is 183 cm³/mol. The summed E-state index contributed by atoms with van der Waals surface area (Å²) in [5.74, 6) is 0.382. The summed E-state index contributed by atoms with van der Waals surface area (Å²) >= 11 is 10.9. The zero-order chi connectivity index (χ0) is 29.1. The molecule has 3 aromatic carbocycles. The fourth-order valence-electron chi connectivity index (χ4n) is 3.71. The molecule has 10 heteroatoms. The molecule has 0 atom stereocenters. The van der Waals surface area contributed by atoms with E-state index in [4.69, 9.17) is 29.5 Å². The third-order valence-electron chi connectivity index (χ3n) is 5.87. The zero-order valence-electron chi connectivity index (χ0n) is 23.6. The average Bonchev–Trinajstić information content (AvgIpc) is 2.96. The van der Waals surface area contributed by atoms with Crippen LogP contribution >= 0.6 is 46.0 Å². The van der Waals surface area contributed by atoms with Crippen molar-refractivity contribution in [1.82, 2.24) is 16.2 Å². The van der Waals surface area contributed by atoms with E-state index >= 15 is 0 Å². The van der Waals surface area contributed by atoms with Crippen LogP contribution in [0.1, 0.15) is 38.8 Å². The molecule has 0 bridgehead atoms. The largest absolute Gasteiger partial charge is 0.364 e. The number of hydrazone groups is 2. The van der Waals surface area contributed by atoms with E-state index in [1.54, 1.807) is 28.6 Å². The average molecular weight is 609 g/mol. The third kappa shape index (κ3) is 8.79. The van der Waals surface area contributed by atoms with Gasteiger partial charge in [-0.15, -0.1) is 0 Å². The van der Waals surface area contributed by atoms with Crippen LogP contribution in [0.5, 0.6) is 0 Å². The molecule has 0 radical (unpaired) electrons. The zero-order valence-corrected chi connectivity index (χ0v) is 26.9. The molecule has 3 aromatic rings. The highest BCUT2D eigenvalue weighted by molar-refractivity contribution is 8.76. The molecule has 6 nitrogen and oxygen atoms in total. The monoisotopic (exact) mass is 608 g/mol. The van der Waals surface area contributed by atoms with Gasteiger partial charge in [-0.1, -0.05) is 104 Å². The van der Waals surface area contributed by atoms with Crippen molar-refractivity contribution in [1.29, 1.82) is 0 Å². The Balaban J connectivity index is 1.85. The lowest BCUT2D eigenvalue weighted by Crippen LogP contribution is -2.35. The molecule has 0 aliphatic heterocycles. The van der Waals surface area contributed by atoms with Gasteiger partial charge >= 0.3 is 0 Å². The van der Waals surface area contributed by atoms with E-state index < -0.39 is 0 Å². The summed E-state index contributed by atoms with van der Waals surface area (Å²) < 4.78 is 0. The van der Waals surface area contributed by atoms with Crippen LogP contribution in [0, 0.1) is 11.8 Å². The lowest BCUT2D eigenvalue weighted by atomic mass is 10.0. The van der Waals surface area contributed by atoms with E-state index in [2.05, 4.69) is 85.4 Å².